The molecule has 1 N–H and O–H groups in total. The molecule has 29 heavy (non-hydrogen) atoms. The van der Waals surface area contributed by atoms with Crippen molar-refractivity contribution in [1.29, 1.82) is 0 Å². The molecule has 0 radical (unpaired) electrons. The minimum atomic E-state index is -2.31. The van der Waals surface area contributed by atoms with Gasteiger partial charge in [0.05, 0.1) is 19.1 Å². The summed E-state index contributed by atoms with van der Waals surface area (Å²) in [4.78, 5) is 8.26. The Hall–Kier alpha value is -3.07. The summed E-state index contributed by atoms with van der Waals surface area (Å²) >= 11 is 0. The number of anilines is 2. The van der Waals surface area contributed by atoms with Crippen molar-refractivity contribution in [2.24, 2.45) is 4.36 Å². The van der Waals surface area contributed by atoms with Crippen molar-refractivity contribution in [1.82, 2.24) is 9.97 Å². The van der Waals surface area contributed by atoms with E-state index in [1.165, 1.54) is 38.4 Å². The van der Waals surface area contributed by atoms with Gasteiger partial charge in [-0.15, -0.1) is 0 Å². The molecular weight excluding hydrogens is 398 g/mol. The first-order chi connectivity index (χ1) is 13.8. The van der Waals surface area contributed by atoms with Gasteiger partial charge in [-0.2, -0.15) is 0 Å². The van der Waals surface area contributed by atoms with Crippen molar-refractivity contribution < 1.29 is 17.7 Å². The summed E-state index contributed by atoms with van der Waals surface area (Å²) in [5.74, 6) is 0.250. The van der Waals surface area contributed by atoms with Crippen molar-refractivity contribution in [3.8, 4) is 16.9 Å². The number of nitrogens with one attached hydrogen (secondary N) is 1. The first-order valence-electron chi connectivity index (χ1n) is 8.60. The third-order valence-electron chi connectivity index (χ3n) is 4.21. The second-order valence-corrected chi connectivity index (χ2v) is 8.93. The lowest BCUT2D eigenvalue weighted by atomic mass is 10.0. The zero-order chi connectivity index (χ0) is 21.0. The van der Waals surface area contributed by atoms with Gasteiger partial charge in [-0.1, -0.05) is 0 Å². The van der Waals surface area contributed by atoms with Crippen LogP contribution in [0.2, 0.25) is 0 Å². The molecule has 0 fully saturated rings. The highest BCUT2D eigenvalue weighted by atomic mass is 32.2. The minimum absolute atomic E-state index is 0.205. The molecule has 0 saturated heterocycles. The number of hydrogen-bond acceptors (Lipinski definition) is 6. The Labute approximate surface area is 168 Å². The van der Waals surface area contributed by atoms with Crippen molar-refractivity contribution in [2.45, 2.75) is 5.75 Å². The van der Waals surface area contributed by atoms with Crippen molar-refractivity contribution in [2.75, 3.05) is 25.7 Å². The number of methoxy groups -OCH3 is 1. The maximum Gasteiger partial charge on any atom is 0.149 e. The molecule has 0 saturated carbocycles. The van der Waals surface area contributed by atoms with Gasteiger partial charge in [0.1, 0.15) is 29.0 Å². The largest absolute Gasteiger partial charge is 0.496 e. The van der Waals surface area contributed by atoms with Gasteiger partial charge in [-0.25, -0.2) is 27.3 Å². The monoisotopic (exact) mass is 418 g/mol. The molecule has 3 aromatic rings. The van der Waals surface area contributed by atoms with Gasteiger partial charge in [0.15, 0.2) is 0 Å². The van der Waals surface area contributed by atoms with Crippen LogP contribution < -0.4 is 10.1 Å². The molecule has 0 aliphatic carbocycles. The van der Waals surface area contributed by atoms with E-state index in [-0.39, 0.29) is 17.1 Å². The van der Waals surface area contributed by atoms with Gasteiger partial charge >= 0.3 is 0 Å². The van der Waals surface area contributed by atoms with Crippen LogP contribution in [0, 0.1) is 11.6 Å². The molecule has 1 unspecified atom stereocenters. The van der Waals surface area contributed by atoms with Gasteiger partial charge in [0.25, 0.3) is 0 Å². The van der Waals surface area contributed by atoms with E-state index in [2.05, 4.69) is 19.6 Å². The maximum atomic E-state index is 14.4. The Morgan fingerprint density at radius 3 is 2.59 bits per heavy atom. The molecule has 0 bridgehead atoms. The van der Waals surface area contributed by atoms with Crippen LogP contribution in [0.15, 0.2) is 53.2 Å². The number of pyridine rings is 2. The molecule has 2 aromatic heterocycles. The summed E-state index contributed by atoms with van der Waals surface area (Å²) in [5, 5.41) is 3.01. The highest BCUT2D eigenvalue weighted by Crippen LogP contribution is 2.33. The van der Waals surface area contributed by atoms with Gasteiger partial charge in [-0.05, 0) is 35.9 Å². The molecule has 1 aromatic carbocycles. The fraction of sp³-hybridized carbons (Fsp3) is 0.200. The van der Waals surface area contributed by atoms with Gasteiger partial charge in [-0.3, -0.25) is 0 Å². The molecule has 0 amide bonds. The van der Waals surface area contributed by atoms with Crippen LogP contribution in [0.25, 0.3) is 11.1 Å². The van der Waals surface area contributed by atoms with Crippen LogP contribution in [-0.2, 0) is 15.5 Å². The second-order valence-electron chi connectivity index (χ2n) is 6.35. The summed E-state index contributed by atoms with van der Waals surface area (Å²) in [6, 6.07) is 8.85. The van der Waals surface area contributed by atoms with E-state index in [1.54, 1.807) is 24.6 Å². The standard InChI is InChI=1S/C20H20F2N4O2S/c1-23-29(3,27)12-13-6-7-24-19(8-13)26-20-10-16(17(22)11-25-20)15-5-4-14(21)9-18(15)28-2/h4-11H,12H2,1-3H3,(H,24,25,26). The van der Waals surface area contributed by atoms with Crippen molar-refractivity contribution >= 4 is 21.4 Å². The molecule has 2 heterocycles. The normalized spacial score (nSPS) is 12.9. The van der Waals surface area contributed by atoms with Gasteiger partial charge < -0.3 is 10.1 Å². The molecule has 0 aliphatic rings. The molecule has 1 atom stereocenters. The van der Waals surface area contributed by atoms with E-state index in [0.29, 0.717) is 17.2 Å². The minimum Gasteiger partial charge on any atom is -0.496 e. The molecular formula is C20H20F2N4O2S. The molecule has 3 rings (SSSR count). The maximum absolute atomic E-state index is 14.4. The summed E-state index contributed by atoms with van der Waals surface area (Å²) in [5.41, 5.74) is 1.40. The Kier molecular flexibility index (Phi) is 6.07. The Balaban J connectivity index is 1.93. The molecule has 0 spiro atoms. The first-order valence-corrected chi connectivity index (χ1v) is 10.7. The molecule has 9 heteroatoms. The second kappa shape index (κ2) is 8.52. The zero-order valence-electron chi connectivity index (χ0n) is 16.1. The number of hydrogen-bond donors (Lipinski definition) is 1. The topological polar surface area (TPSA) is 76.5 Å². The van der Waals surface area contributed by atoms with Crippen LogP contribution in [0.5, 0.6) is 5.75 Å². The number of halogens is 2. The van der Waals surface area contributed by atoms with Gasteiger partial charge in [0, 0.05) is 46.4 Å². The quantitative estimate of drug-likeness (QED) is 0.642. The number of rotatable bonds is 6. The molecule has 0 aliphatic heterocycles. The van der Waals surface area contributed by atoms with E-state index in [4.69, 9.17) is 4.74 Å². The SMILES string of the molecule is CN=S(C)(=O)Cc1ccnc(Nc2cc(-c3ccc(F)cc3OC)c(F)cn2)c1. The number of nitrogens with zero attached hydrogens (tertiary/aromatic N) is 3. The highest BCUT2D eigenvalue weighted by Gasteiger charge is 2.14. The molecule has 6 nitrogen and oxygen atoms in total. The van der Waals surface area contributed by atoms with E-state index in [9.17, 15) is 13.0 Å². The van der Waals surface area contributed by atoms with E-state index < -0.39 is 21.4 Å². The summed E-state index contributed by atoms with van der Waals surface area (Å²) < 4.78 is 49.2. The third kappa shape index (κ3) is 5.05. The van der Waals surface area contributed by atoms with Crippen LogP contribution in [0.4, 0.5) is 20.4 Å². The number of ether oxygens (including phenoxy) is 1. The van der Waals surface area contributed by atoms with Crippen LogP contribution >= 0.6 is 0 Å². The highest BCUT2D eigenvalue weighted by molar-refractivity contribution is 7.92. The van der Waals surface area contributed by atoms with Crippen LogP contribution in [0.3, 0.4) is 0 Å². The fourth-order valence-corrected chi connectivity index (χ4v) is 3.67. The molecule has 152 valence electrons. The predicted molar refractivity (Wildman–Crippen MR) is 110 cm³/mol. The van der Waals surface area contributed by atoms with E-state index in [0.717, 1.165) is 11.8 Å². The van der Waals surface area contributed by atoms with Crippen molar-refractivity contribution in [3.63, 3.8) is 0 Å². The smallest absolute Gasteiger partial charge is 0.149 e. The summed E-state index contributed by atoms with van der Waals surface area (Å²) in [6.45, 7) is 0. The zero-order valence-corrected chi connectivity index (χ0v) is 17.0. The Morgan fingerprint density at radius 1 is 1.10 bits per heavy atom. The average Bonchev–Trinajstić information content (AvgIpc) is 2.69. The van der Waals surface area contributed by atoms with Gasteiger partial charge in [0.2, 0.25) is 0 Å². The van der Waals surface area contributed by atoms with E-state index in [1.807, 2.05) is 0 Å². The first kappa shape index (κ1) is 20.7. The lowest BCUT2D eigenvalue weighted by molar-refractivity contribution is 0.412. The average molecular weight is 418 g/mol. The lowest BCUT2D eigenvalue weighted by Gasteiger charge is -2.12. The Morgan fingerprint density at radius 2 is 1.86 bits per heavy atom. The third-order valence-corrected chi connectivity index (χ3v) is 5.85. The fourth-order valence-electron chi connectivity index (χ4n) is 2.74. The van der Waals surface area contributed by atoms with Crippen molar-refractivity contribution in [3.05, 3.63) is 66.0 Å². The lowest BCUT2D eigenvalue weighted by Crippen LogP contribution is -2.03. The van der Waals surface area contributed by atoms with E-state index >= 15 is 0 Å². The number of aromatic nitrogens is 2. The Bertz CT molecular complexity index is 1160. The van der Waals surface area contributed by atoms with Crippen LogP contribution in [0.1, 0.15) is 5.56 Å². The summed E-state index contributed by atoms with van der Waals surface area (Å²) in [6.07, 6.45) is 4.24. The number of benzene rings is 1. The van der Waals surface area contributed by atoms with Crippen LogP contribution in [-0.4, -0.2) is 34.6 Å². The summed E-state index contributed by atoms with van der Waals surface area (Å²) in [7, 11) is 0.601. The predicted octanol–water partition coefficient (Wildman–Crippen LogP) is 4.40.